The standard InChI is InChI=1S/C14H22N2O/c1-11(16-12-5-3-2-4-6-12)9-13-7-8-14(17)10-15-13/h7-8,10-12,16-17H,2-6,9H2,1H3. The fourth-order valence-electron chi connectivity index (χ4n) is 2.58. The molecule has 1 unspecified atom stereocenters. The molecule has 3 nitrogen and oxygen atoms in total. The van der Waals surface area contributed by atoms with Crippen molar-refractivity contribution in [2.45, 2.75) is 57.5 Å². The number of rotatable bonds is 4. The molecule has 1 aromatic rings. The number of hydrogen-bond acceptors (Lipinski definition) is 3. The molecule has 1 aliphatic carbocycles. The van der Waals surface area contributed by atoms with Crippen molar-refractivity contribution >= 4 is 0 Å². The summed E-state index contributed by atoms with van der Waals surface area (Å²) in [7, 11) is 0. The maximum Gasteiger partial charge on any atom is 0.133 e. The van der Waals surface area contributed by atoms with E-state index in [1.807, 2.05) is 6.07 Å². The molecule has 0 aliphatic heterocycles. The fourth-order valence-corrected chi connectivity index (χ4v) is 2.58. The maximum absolute atomic E-state index is 9.17. The predicted octanol–water partition coefficient (Wildman–Crippen LogP) is 2.64. The molecule has 1 atom stereocenters. The molecule has 0 amide bonds. The van der Waals surface area contributed by atoms with Crippen molar-refractivity contribution < 1.29 is 5.11 Å². The zero-order chi connectivity index (χ0) is 12.1. The van der Waals surface area contributed by atoms with Crippen LogP contribution in [-0.4, -0.2) is 22.2 Å². The Morgan fingerprint density at radius 3 is 2.76 bits per heavy atom. The second-order valence-electron chi connectivity index (χ2n) is 5.11. The smallest absolute Gasteiger partial charge is 0.133 e. The number of pyridine rings is 1. The van der Waals surface area contributed by atoms with Gasteiger partial charge < -0.3 is 10.4 Å². The Morgan fingerprint density at radius 1 is 1.35 bits per heavy atom. The third kappa shape index (κ3) is 4.00. The summed E-state index contributed by atoms with van der Waals surface area (Å²) < 4.78 is 0. The Labute approximate surface area is 103 Å². The van der Waals surface area contributed by atoms with Crippen molar-refractivity contribution in [1.82, 2.24) is 10.3 Å². The van der Waals surface area contributed by atoms with Gasteiger partial charge in [-0.15, -0.1) is 0 Å². The second-order valence-corrected chi connectivity index (χ2v) is 5.11. The van der Waals surface area contributed by atoms with E-state index in [9.17, 15) is 5.11 Å². The first kappa shape index (κ1) is 12.4. The maximum atomic E-state index is 9.17. The van der Waals surface area contributed by atoms with Crippen LogP contribution in [0.1, 0.15) is 44.7 Å². The van der Waals surface area contributed by atoms with Gasteiger partial charge >= 0.3 is 0 Å². The van der Waals surface area contributed by atoms with Crippen molar-refractivity contribution in [1.29, 1.82) is 0 Å². The number of nitrogens with zero attached hydrogens (tertiary/aromatic N) is 1. The fraction of sp³-hybridized carbons (Fsp3) is 0.643. The molecule has 94 valence electrons. The quantitative estimate of drug-likeness (QED) is 0.842. The first-order chi connectivity index (χ1) is 8.24. The molecule has 3 heteroatoms. The molecule has 2 N–H and O–H groups in total. The summed E-state index contributed by atoms with van der Waals surface area (Å²) in [6.45, 7) is 2.21. The largest absolute Gasteiger partial charge is 0.506 e. The summed E-state index contributed by atoms with van der Waals surface area (Å²) in [4.78, 5) is 4.22. The van der Waals surface area contributed by atoms with Gasteiger partial charge in [-0.2, -0.15) is 0 Å². The van der Waals surface area contributed by atoms with Gasteiger partial charge in [0.05, 0.1) is 6.20 Å². The lowest BCUT2D eigenvalue weighted by molar-refractivity contribution is 0.342. The summed E-state index contributed by atoms with van der Waals surface area (Å²) in [6, 6.07) is 4.75. The van der Waals surface area contributed by atoms with Crippen LogP contribution in [0.15, 0.2) is 18.3 Å². The van der Waals surface area contributed by atoms with Gasteiger partial charge in [-0.1, -0.05) is 19.3 Å². The zero-order valence-corrected chi connectivity index (χ0v) is 10.5. The van der Waals surface area contributed by atoms with Crippen LogP contribution in [-0.2, 0) is 6.42 Å². The SMILES string of the molecule is CC(Cc1ccc(O)cn1)NC1CCCCC1. The van der Waals surface area contributed by atoms with Crippen LogP contribution in [0.25, 0.3) is 0 Å². The van der Waals surface area contributed by atoms with Gasteiger partial charge in [0, 0.05) is 24.2 Å². The van der Waals surface area contributed by atoms with Crippen molar-refractivity contribution in [2.24, 2.45) is 0 Å². The first-order valence-electron chi connectivity index (χ1n) is 6.64. The molecule has 0 saturated heterocycles. The molecule has 2 rings (SSSR count). The Bertz CT molecular complexity index is 331. The van der Waals surface area contributed by atoms with Crippen LogP contribution >= 0.6 is 0 Å². The monoisotopic (exact) mass is 234 g/mol. The van der Waals surface area contributed by atoms with E-state index in [4.69, 9.17) is 0 Å². The van der Waals surface area contributed by atoms with Gasteiger partial charge in [0.2, 0.25) is 0 Å². The highest BCUT2D eigenvalue weighted by Gasteiger charge is 2.15. The summed E-state index contributed by atoms with van der Waals surface area (Å²) in [6.07, 6.45) is 9.19. The molecule has 0 bridgehead atoms. The van der Waals surface area contributed by atoms with Gasteiger partial charge in [0.1, 0.15) is 5.75 Å². The minimum absolute atomic E-state index is 0.238. The number of hydrogen-bond donors (Lipinski definition) is 2. The summed E-state index contributed by atoms with van der Waals surface area (Å²) in [5.41, 5.74) is 1.04. The number of nitrogens with one attached hydrogen (secondary N) is 1. The molecule has 1 saturated carbocycles. The van der Waals surface area contributed by atoms with Crippen LogP contribution in [0.4, 0.5) is 0 Å². The van der Waals surface area contributed by atoms with E-state index in [-0.39, 0.29) is 5.75 Å². The highest BCUT2D eigenvalue weighted by atomic mass is 16.3. The Morgan fingerprint density at radius 2 is 2.12 bits per heavy atom. The normalized spacial score (nSPS) is 19.1. The van der Waals surface area contributed by atoms with Crippen LogP contribution < -0.4 is 5.32 Å². The predicted molar refractivity (Wildman–Crippen MR) is 69.1 cm³/mol. The van der Waals surface area contributed by atoms with E-state index < -0.39 is 0 Å². The molecule has 1 aromatic heterocycles. The van der Waals surface area contributed by atoms with E-state index in [1.165, 1.54) is 38.3 Å². The lowest BCUT2D eigenvalue weighted by atomic mass is 9.94. The molecule has 17 heavy (non-hydrogen) atoms. The number of aromatic nitrogens is 1. The molecular weight excluding hydrogens is 212 g/mol. The first-order valence-corrected chi connectivity index (χ1v) is 6.64. The molecule has 0 radical (unpaired) electrons. The van der Waals surface area contributed by atoms with Crippen molar-refractivity contribution in [3.8, 4) is 5.75 Å². The van der Waals surface area contributed by atoms with Gasteiger partial charge in [-0.05, 0) is 31.9 Å². The third-order valence-corrected chi connectivity index (χ3v) is 3.45. The lowest BCUT2D eigenvalue weighted by Crippen LogP contribution is -2.39. The van der Waals surface area contributed by atoms with E-state index in [0.717, 1.165) is 12.1 Å². The van der Waals surface area contributed by atoms with Crippen LogP contribution in [0.5, 0.6) is 5.75 Å². The minimum atomic E-state index is 0.238. The second kappa shape index (κ2) is 6.01. The van der Waals surface area contributed by atoms with E-state index >= 15 is 0 Å². The zero-order valence-electron chi connectivity index (χ0n) is 10.5. The van der Waals surface area contributed by atoms with E-state index in [0.29, 0.717) is 12.1 Å². The molecule has 0 aromatic carbocycles. The van der Waals surface area contributed by atoms with Crippen molar-refractivity contribution in [3.05, 3.63) is 24.0 Å². The number of aromatic hydroxyl groups is 1. The van der Waals surface area contributed by atoms with Gasteiger partial charge in [-0.25, -0.2) is 0 Å². The Balaban J connectivity index is 1.79. The minimum Gasteiger partial charge on any atom is -0.506 e. The Hall–Kier alpha value is -1.09. The molecule has 0 spiro atoms. The van der Waals surface area contributed by atoms with Gasteiger partial charge in [0.25, 0.3) is 0 Å². The lowest BCUT2D eigenvalue weighted by Gasteiger charge is -2.26. The summed E-state index contributed by atoms with van der Waals surface area (Å²) >= 11 is 0. The van der Waals surface area contributed by atoms with E-state index in [1.54, 1.807) is 6.07 Å². The summed E-state index contributed by atoms with van der Waals surface area (Å²) in [5.74, 6) is 0.238. The van der Waals surface area contributed by atoms with E-state index in [2.05, 4.69) is 17.2 Å². The molecule has 1 aliphatic rings. The topological polar surface area (TPSA) is 45.2 Å². The molecule has 1 fully saturated rings. The van der Waals surface area contributed by atoms with Crippen LogP contribution in [0.3, 0.4) is 0 Å². The van der Waals surface area contributed by atoms with Crippen molar-refractivity contribution in [2.75, 3.05) is 0 Å². The Kier molecular flexibility index (Phi) is 4.37. The van der Waals surface area contributed by atoms with Gasteiger partial charge in [-0.3, -0.25) is 4.98 Å². The van der Waals surface area contributed by atoms with Gasteiger partial charge in [0.15, 0.2) is 0 Å². The average Bonchev–Trinajstić information content (AvgIpc) is 2.33. The molecular formula is C14H22N2O. The highest BCUT2D eigenvalue weighted by molar-refractivity contribution is 5.18. The third-order valence-electron chi connectivity index (χ3n) is 3.45. The molecule has 1 heterocycles. The average molecular weight is 234 g/mol. The van der Waals surface area contributed by atoms with Crippen LogP contribution in [0, 0.1) is 0 Å². The van der Waals surface area contributed by atoms with Crippen molar-refractivity contribution in [3.63, 3.8) is 0 Å². The van der Waals surface area contributed by atoms with Crippen LogP contribution in [0.2, 0.25) is 0 Å². The highest BCUT2D eigenvalue weighted by Crippen LogP contribution is 2.18. The summed E-state index contributed by atoms with van der Waals surface area (Å²) in [5, 5.41) is 12.9.